The summed E-state index contributed by atoms with van der Waals surface area (Å²) >= 11 is 0. The number of esters is 1. The normalized spacial score (nSPS) is 11.5. The number of rotatable bonds is 5. The van der Waals surface area contributed by atoms with E-state index in [0.717, 1.165) is 13.2 Å². The predicted molar refractivity (Wildman–Crippen MR) is 67.2 cm³/mol. The van der Waals surface area contributed by atoms with Gasteiger partial charge in [0.2, 0.25) is 0 Å². The lowest BCUT2D eigenvalue weighted by atomic mass is 9.99. The van der Waals surface area contributed by atoms with Crippen molar-refractivity contribution in [2.24, 2.45) is 0 Å². The van der Waals surface area contributed by atoms with Crippen LogP contribution in [-0.4, -0.2) is 19.2 Å². The van der Waals surface area contributed by atoms with Crippen LogP contribution in [0.2, 0.25) is 0 Å². The van der Waals surface area contributed by atoms with Crippen molar-refractivity contribution in [3.63, 3.8) is 0 Å². The third-order valence-electron chi connectivity index (χ3n) is 2.63. The number of carbonyl (C=O) groups is 1. The molecule has 0 aliphatic rings. The van der Waals surface area contributed by atoms with Gasteiger partial charge in [0, 0.05) is 5.56 Å². The van der Waals surface area contributed by atoms with Crippen molar-refractivity contribution in [1.82, 2.24) is 0 Å². The van der Waals surface area contributed by atoms with Crippen LogP contribution in [0.25, 0.3) is 5.57 Å². The van der Waals surface area contributed by atoms with Gasteiger partial charge in [0.25, 0.3) is 0 Å². The second-order valence-corrected chi connectivity index (χ2v) is 3.96. The van der Waals surface area contributed by atoms with Crippen molar-refractivity contribution in [3.8, 4) is 0 Å². The summed E-state index contributed by atoms with van der Waals surface area (Å²) in [6, 6.07) is 0. The summed E-state index contributed by atoms with van der Waals surface area (Å²) in [5.41, 5.74) is -1.80. The van der Waals surface area contributed by atoms with Crippen molar-refractivity contribution in [2.75, 3.05) is 13.2 Å². The van der Waals surface area contributed by atoms with Crippen LogP contribution in [-0.2, 0) is 14.3 Å². The second-order valence-electron chi connectivity index (χ2n) is 3.96. The Labute approximate surface area is 119 Å². The van der Waals surface area contributed by atoms with Gasteiger partial charge in [0.15, 0.2) is 23.3 Å². The van der Waals surface area contributed by atoms with Gasteiger partial charge in [-0.2, -0.15) is 0 Å². The first-order valence-corrected chi connectivity index (χ1v) is 6.18. The molecule has 116 valence electrons. The highest BCUT2D eigenvalue weighted by Crippen LogP contribution is 2.29. The average Bonchev–Trinajstić information content (AvgIpc) is 2.46. The Morgan fingerprint density at radius 1 is 1.00 bits per heavy atom. The van der Waals surface area contributed by atoms with Crippen LogP contribution in [0.1, 0.15) is 25.0 Å². The van der Waals surface area contributed by atoms with E-state index in [1.54, 1.807) is 6.92 Å². The Kier molecular flexibility index (Phi) is 5.75. The van der Waals surface area contributed by atoms with Gasteiger partial charge in [-0.3, -0.25) is 0 Å². The average molecular weight is 306 g/mol. The summed E-state index contributed by atoms with van der Waals surface area (Å²) in [5, 5.41) is 0. The van der Waals surface area contributed by atoms with Gasteiger partial charge in [-0.1, -0.05) is 0 Å². The molecule has 0 fully saturated rings. The monoisotopic (exact) mass is 306 g/mol. The molecule has 0 spiro atoms. The van der Waals surface area contributed by atoms with E-state index in [1.165, 1.54) is 6.92 Å². The molecular formula is C14H14F4O3. The van der Waals surface area contributed by atoms with E-state index >= 15 is 0 Å². The standard InChI is InChI=1S/C14H14F4O3/c1-4-20-6-8(14(19)21-5-2)9-7(3)10(15)12(17)13(18)11(9)16/h6H,4-5H2,1-3H3. The summed E-state index contributed by atoms with van der Waals surface area (Å²) in [7, 11) is 0. The van der Waals surface area contributed by atoms with Crippen molar-refractivity contribution >= 4 is 11.5 Å². The largest absolute Gasteiger partial charge is 0.501 e. The lowest BCUT2D eigenvalue weighted by Gasteiger charge is -2.13. The highest BCUT2D eigenvalue weighted by atomic mass is 19.2. The minimum Gasteiger partial charge on any atom is -0.501 e. The molecule has 0 aliphatic heterocycles. The maximum Gasteiger partial charge on any atom is 0.341 e. The zero-order valence-electron chi connectivity index (χ0n) is 11.7. The first-order chi connectivity index (χ1) is 9.86. The Balaban J connectivity index is 3.55. The smallest absolute Gasteiger partial charge is 0.341 e. The minimum absolute atomic E-state index is 0.0326. The van der Waals surface area contributed by atoms with Crippen LogP contribution >= 0.6 is 0 Å². The van der Waals surface area contributed by atoms with Crippen molar-refractivity contribution in [2.45, 2.75) is 20.8 Å². The molecule has 0 N–H and O–H groups in total. The SMILES string of the molecule is CCOC=C(C(=O)OCC)c1c(C)c(F)c(F)c(F)c1F. The van der Waals surface area contributed by atoms with Crippen LogP contribution in [0.15, 0.2) is 6.26 Å². The van der Waals surface area contributed by atoms with Crippen molar-refractivity contribution in [3.05, 3.63) is 40.7 Å². The van der Waals surface area contributed by atoms with Gasteiger partial charge >= 0.3 is 5.97 Å². The molecule has 7 heteroatoms. The quantitative estimate of drug-likeness (QED) is 0.209. The number of hydrogen-bond acceptors (Lipinski definition) is 3. The molecule has 0 atom stereocenters. The molecule has 0 saturated carbocycles. The van der Waals surface area contributed by atoms with E-state index in [0.29, 0.717) is 0 Å². The fraction of sp³-hybridized carbons (Fsp3) is 0.357. The first-order valence-electron chi connectivity index (χ1n) is 6.18. The summed E-state index contributed by atoms with van der Waals surface area (Å²) in [6.07, 6.45) is 0.834. The van der Waals surface area contributed by atoms with Gasteiger partial charge in [-0.05, 0) is 26.3 Å². The van der Waals surface area contributed by atoms with E-state index < -0.39 is 45.9 Å². The molecule has 0 unspecified atom stereocenters. The summed E-state index contributed by atoms with van der Waals surface area (Å²) < 4.78 is 63.5. The number of benzene rings is 1. The molecule has 0 radical (unpaired) electrons. The van der Waals surface area contributed by atoms with Gasteiger partial charge in [0.05, 0.1) is 19.5 Å². The molecule has 1 aromatic rings. The molecule has 21 heavy (non-hydrogen) atoms. The molecule has 0 saturated heterocycles. The van der Waals surface area contributed by atoms with Crippen LogP contribution in [0.3, 0.4) is 0 Å². The minimum atomic E-state index is -2.00. The molecule has 0 heterocycles. The Morgan fingerprint density at radius 2 is 1.57 bits per heavy atom. The molecule has 0 bridgehead atoms. The van der Waals surface area contributed by atoms with Crippen LogP contribution in [0.4, 0.5) is 17.6 Å². The lowest BCUT2D eigenvalue weighted by Crippen LogP contribution is -2.13. The number of carbonyl (C=O) groups excluding carboxylic acids is 1. The molecular weight excluding hydrogens is 292 g/mol. The fourth-order valence-electron chi connectivity index (χ4n) is 1.65. The van der Waals surface area contributed by atoms with Gasteiger partial charge in [0.1, 0.15) is 5.57 Å². The lowest BCUT2D eigenvalue weighted by molar-refractivity contribution is -0.136. The summed E-state index contributed by atoms with van der Waals surface area (Å²) in [6.45, 7) is 4.22. The van der Waals surface area contributed by atoms with E-state index in [9.17, 15) is 22.4 Å². The number of ether oxygens (including phenoxy) is 2. The molecule has 3 nitrogen and oxygen atoms in total. The predicted octanol–water partition coefficient (Wildman–Crippen LogP) is 3.49. The fourth-order valence-corrected chi connectivity index (χ4v) is 1.65. The Bertz CT molecular complexity index is 553. The molecule has 1 aromatic carbocycles. The topological polar surface area (TPSA) is 35.5 Å². The first kappa shape index (κ1) is 17.0. The van der Waals surface area contributed by atoms with Gasteiger partial charge < -0.3 is 9.47 Å². The number of halogens is 4. The zero-order chi connectivity index (χ0) is 16.2. The maximum atomic E-state index is 13.9. The molecule has 0 amide bonds. The highest BCUT2D eigenvalue weighted by Gasteiger charge is 2.28. The Morgan fingerprint density at radius 3 is 2.10 bits per heavy atom. The van der Waals surface area contributed by atoms with Crippen molar-refractivity contribution < 1.29 is 31.8 Å². The third-order valence-corrected chi connectivity index (χ3v) is 2.63. The third kappa shape index (κ3) is 3.34. The van der Waals surface area contributed by atoms with E-state index in [1.807, 2.05) is 0 Å². The highest BCUT2D eigenvalue weighted by molar-refractivity contribution is 6.16. The van der Waals surface area contributed by atoms with Gasteiger partial charge in [-0.25, -0.2) is 22.4 Å². The zero-order valence-corrected chi connectivity index (χ0v) is 11.7. The van der Waals surface area contributed by atoms with Crippen LogP contribution in [0.5, 0.6) is 0 Å². The Hall–Kier alpha value is -2.05. The van der Waals surface area contributed by atoms with E-state index in [-0.39, 0.29) is 13.2 Å². The molecule has 0 aromatic heterocycles. The maximum absolute atomic E-state index is 13.9. The van der Waals surface area contributed by atoms with Crippen LogP contribution in [0, 0.1) is 30.2 Å². The van der Waals surface area contributed by atoms with Gasteiger partial charge in [-0.15, -0.1) is 0 Å². The summed E-state index contributed by atoms with van der Waals surface area (Å²) in [4.78, 5) is 11.8. The second kappa shape index (κ2) is 7.10. The molecule has 0 aliphatic carbocycles. The number of hydrogen-bond donors (Lipinski definition) is 0. The summed E-state index contributed by atoms with van der Waals surface area (Å²) in [5.74, 6) is -8.22. The van der Waals surface area contributed by atoms with Crippen molar-refractivity contribution in [1.29, 1.82) is 0 Å². The van der Waals surface area contributed by atoms with E-state index in [4.69, 9.17) is 4.74 Å². The molecule has 1 rings (SSSR count). The van der Waals surface area contributed by atoms with E-state index in [2.05, 4.69) is 4.74 Å². The van der Waals surface area contributed by atoms with Crippen LogP contribution < -0.4 is 0 Å².